The van der Waals surface area contributed by atoms with E-state index in [1.165, 1.54) is 0 Å². The maximum absolute atomic E-state index is 12.7. The summed E-state index contributed by atoms with van der Waals surface area (Å²) in [5.41, 5.74) is 1.43. The maximum Gasteiger partial charge on any atom is 0.253 e. The van der Waals surface area contributed by atoms with Crippen LogP contribution in [-0.4, -0.2) is 47.8 Å². The third-order valence-electron chi connectivity index (χ3n) is 5.40. The van der Waals surface area contributed by atoms with Crippen molar-refractivity contribution in [2.24, 2.45) is 0 Å². The molecule has 0 radical (unpaired) electrons. The molecule has 2 aromatic carbocycles. The average molecular weight is 350 g/mol. The van der Waals surface area contributed by atoms with Gasteiger partial charge in [-0.2, -0.15) is 0 Å². The smallest absolute Gasteiger partial charge is 0.253 e. The SMILES string of the molecule is CN(C(=O)c1ccccc1)C1CCC[C@@H](N(C)C(=O)c2ccccc2)C1. The molecular weight excluding hydrogens is 324 g/mol. The number of hydrogen-bond donors (Lipinski definition) is 0. The van der Waals surface area contributed by atoms with E-state index in [0.29, 0.717) is 11.1 Å². The minimum atomic E-state index is 0.0493. The minimum absolute atomic E-state index is 0.0493. The Bertz CT molecular complexity index is 682. The summed E-state index contributed by atoms with van der Waals surface area (Å²) in [5.74, 6) is 0.0987. The van der Waals surface area contributed by atoms with Crippen LogP contribution in [0, 0.1) is 0 Å². The van der Waals surface area contributed by atoms with Gasteiger partial charge in [0.1, 0.15) is 0 Å². The summed E-state index contributed by atoms with van der Waals surface area (Å²) in [5, 5.41) is 0. The number of amides is 2. The van der Waals surface area contributed by atoms with Gasteiger partial charge in [-0.25, -0.2) is 0 Å². The Kier molecular flexibility index (Phi) is 5.71. The van der Waals surface area contributed by atoms with Crippen molar-refractivity contribution in [3.05, 3.63) is 71.8 Å². The molecule has 136 valence electrons. The number of carbonyl (C=O) groups excluding carboxylic acids is 2. The Morgan fingerprint density at radius 2 is 1.12 bits per heavy atom. The van der Waals surface area contributed by atoms with Gasteiger partial charge in [0.25, 0.3) is 11.8 Å². The van der Waals surface area contributed by atoms with Crippen LogP contribution in [0.1, 0.15) is 46.4 Å². The van der Waals surface area contributed by atoms with E-state index in [2.05, 4.69) is 0 Å². The molecule has 4 nitrogen and oxygen atoms in total. The fourth-order valence-electron chi connectivity index (χ4n) is 3.74. The second kappa shape index (κ2) is 8.17. The van der Waals surface area contributed by atoms with E-state index in [-0.39, 0.29) is 23.9 Å². The number of hydrogen-bond acceptors (Lipinski definition) is 2. The van der Waals surface area contributed by atoms with Gasteiger partial charge in [-0.3, -0.25) is 9.59 Å². The number of rotatable bonds is 4. The summed E-state index contributed by atoms with van der Waals surface area (Å²) < 4.78 is 0. The standard InChI is InChI=1S/C22H26N2O2/c1-23(21(25)17-10-5-3-6-11-17)19-14-9-15-20(16-19)24(2)22(26)18-12-7-4-8-13-18/h3-8,10-13,19-20H,9,14-16H2,1-2H3/t19-,20?/m1/s1. The van der Waals surface area contributed by atoms with Crippen molar-refractivity contribution in [1.82, 2.24) is 9.80 Å². The Hall–Kier alpha value is -2.62. The molecule has 2 aromatic rings. The van der Waals surface area contributed by atoms with Crippen molar-refractivity contribution >= 4 is 11.8 Å². The summed E-state index contributed by atoms with van der Waals surface area (Å²) in [6.07, 6.45) is 3.82. The first-order chi connectivity index (χ1) is 12.6. The zero-order valence-electron chi connectivity index (χ0n) is 15.5. The summed E-state index contributed by atoms with van der Waals surface area (Å²) in [6.45, 7) is 0. The zero-order chi connectivity index (χ0) is 18.5. The molecule has 0 saturated heterocycles. The monoisotopic (exact) mass is 350 g/mol. The van der Waals surface area contributed by atoms with E-state index in [1.54, 1.807) is 0 Å². The molecule has 1 fully saturated rings. The highest BCUT2D eigenvalue weighted by Crippen LogP contribution is 2.27. The van der Waals surface area contributed by atoms with Crippen LogP contribution in [-0.2, 0) is 0 Å². The molecule has 1 aliphatic rings. The van der Waals surface area contributed by atoms with Crippen LogP contribution in [0.2, 0.25) is 0 Å². The molecule has 3 rings (SSSR count). The van der Waals surface area contributed by atoms with Crippen molar-refractivity contribution in [1.29, 1.82) is 0 Å². The van der Waals surface area contributed by atoms with Gasteiger partial charge in [-0.1, -0.05) is 36.4 Å². The summed E-state index contributed by atoms with van der Waals surface area (Å²) in [7, 11) is 3.75. The van der Waals surface area contributed by atoms with Crippen LogP contribution in [0.25, 0.3) is 0 Å². The summed E-state index contributed by atoms with van der Waals surface area (Å²) in [6, 6.07) is 19.1. The lowest BCUT2D eigenvalue weighted by molar-refractivity contribution is 0.0556. The van der Waals surface area contributed by atoms with Gasteiger partial charge in [0.15, 0.2) is 0 Å². The predicted molar refractivity (Wildman–Crippen MR) is 103 cm³/mol. The molecule has 0 aliphatic heterocycles. The van der Waals surface area contributed by atoms with Gasteiger partial charge in [0.05, 0.1) is 0 Å². The Morgan fingerprint density at radius 3 is 1.50 bits per heavy atom. The van der Waals surface area contributed by atoms with Crippen LogP contribution < -0.4 is 0 Å². The van der Waals surface area contributed by atoms with Crippen LogP contribution in [0.5, 0.6) is 0 Å². The van der Waals surface area contributed by atoms with Crippen LogP contribution >= 0.6 is 0 Å². The van der Waals surface area contributed by atoms with E-state index >= 15 is 0 Å². The second-order valence-corrected chi connectivity index (χ2v) is 7.04. The molecular formula is C22H26N2O2. The van der Waals surface area contributed by atoms with Gasteiger partial charge < -0.3 is 9.80 Å². The lowest BCUT2D eigenvalue weighted by Gasteiger charge is -2.39. The fourth-order valence-corrected chi connectivity index (χ4v) is 3.74. The maximum atomic E-state index is 12.7. The molecule has 2 atom stereocenters. The first kappa shape index (κ1) is 18.2. The Morgan fingerprint density at radius 1 is 0.731 bits per heavy atom. The normalized spacial score (nSPS) is 19.6. The topological polar surface area (TPSA) is 40.6 Å². The van der Waals surface area contributed by atoms with Gasteiger partial charge in [0, 0.05) is 37.3 Å². The number of benzene rings is 2. The van der Waals surface area contributed by atoms with Gasteiger partial charge in [0.2, 0.25) is 0 Å². The van der Waals surface area contributed by atoms with Gasteiger partial charge in [-0.15, -0.1) is 0 Å². The third-order valence-corrected chi connectivity index (χ3v) is 5.40. The van der Waals surface area contributed by atoms with E-state index in [1.807, 2.05) is 84.6 Å². The highest BCUT2D eigenvalue weighted by atomic mass is 16.2. The predicted octanol–water partition coefficient (Wildman–Crippen LogP) is 3.84. The molecule has 4 heteroatoms. The van der Waals surface area contributed by atoms with Gasteiger partial charge in [-0.05, 0) is 49.9 Å². The van der Waals surface area contributed by atoms with E-state index in [4.69, 9.17) is 0 Å². The third kappa shape index (κ3) is 3.96. The second-order valence-electron chi connectivity index (χ2n) is 7.04. The van der Waals surface area contributed by atoms with Gasteiger partial charge >= 0.3 is 0 Å². The number of nitrogens with zero attached hydrogens (tertiary/aromatic N) is 2. The molecule has 1 aliphatic carbocycles. The number of carbonyl (C=O) groups is 2. The fraction of sp³-hybridized carbons (Fsp3) is 0.364. The Labute approximate surface area is 155 Å². The van der Waals surface area contributed by atoms with E-state index in [9.17, 15) is 9.59 Å². The van der Waals surface area contributed by atoms with Crippen molar-refractivity contribution in [2.45, 2.75) is 37.8 Å². The summed E-state index contributed by atoms with van der Waals surface area (Å²) >= 11 is 0. The highest BCUT2D eigenvalue weighted by Gasteiger charge is 2.31. The molecule has 1 saturated carbocycles. The molecule has 26 heavy (non-hydrogen) atoms. The molecule has 0 N–H and O–H groups in total. The highest BCUT2D eigenvalue weighted by molar-refractivity contribution is 5.95. The largest absolute Gasteiger partial charge is 0.339 e. The molecule has 0 bridgehead atoms. The van der Waals surface area contributed by atoms with Crippen molar-refractivity contribution in [3.63, 3.8) is 0 Å². The summed E-state index contributed by atoms with van der Waals surface area (Å²) in [4.78, 5) is 29.1. The van der Waals surface area contributed by atoms with Crippen LogP contribution in [0.3, 0.4) is 0 Å². The Balaban J connectivity index is 1.67. The zero-order valence-corrected chi connectivity index (χ0v) is 15.5. The lowest BCUT2D eigenvalue weighted by atomic mass is 9.88. The molecule has 0 spiro atoms. The molecule has 0 heterocycles. The first-order valence-electron chi connectivity index (χ1n) is 9.22. The minimum Gasteiger partial charge on any atom is -0.339 e. The quantitative estimate of drug-likeness (QED) is 0.840. The van der Waals surface area contributed by atoms with Crippen molar-refractivity contribution in [3.8, 4) is 0 Å². The van der Waals surface area contributed by atoms with Crippen molar-refractivity contribution in [2.75, 3.05) is 14.1 Å². The van der Waals surface area contributed by atoms with Crippen LogP contribution in [0.15, 0.2) is 60.7 Å². The lowest BCUT2D eigenvalue weighted by Crippen LogP contribution is -2.47. The van der Waals surface area contributed by atoms with Crippen LogP contribution in [0.4, 0.5) is 0 Å². The van der Waals surface area contributed by atoms with E-state index in [0.717, 1.165) is 25.7 Å². The molecule has 1 unspecified atom stereocenters. The van der Waals surface area contributed by atoms with E-state index < -0.39 is 0 Å². The van der Waals surface area contributed by atoms with Crippen molar-refractivity contribution < 1.29 is 9.59 Å². The average Bonchev–Trinajstić information content (AvgIpc) is 2.73. The molecule has 2 amide bonds. The molecule has 0 aromatic heterocycles. The first-order valence-corrected chi connectivity index (χ1v) is 9.22.